The molecule has 0 aliphatic carbocycles. The predicted octanol–water partition coefficient (Wildman–Crippen LogP) is -2.01. The maximum absolute atomic E-state index is 12.0. The molecule has 1 amide bonds. The summed E-state index contributed by atoms with van der Waals surface area (Å²) >= 11 is 0. The SMILES string of the molecule is CCOC(=O)C(Cc1ccccc1)NC(=O)C[N+](C)(C)C.[Cl-]. The van der Waals surface area contributed by atoms with Crippen LogP contribution in [0.25, 0.3) is 0 Å². The van der Waals surface area contributed by atoms with Crippen molar-refractivity contribution in [3.8, 4) is 0 Å². The average Bonchev–Trinajstić information content (AvgIpc) is 2.37. The lowest BCUT2D eigenvalue weighted by Gasteiger charge is -2.24. The molecule has 0 spiro atoms. The smallest absolute Gasteiger partial charge is 0.328 e. The number of halogens is 1. The zero-order valence-electron chi connectivity index (χ0n) is 13.6. The number of nitrogens with zero attached hydrogens (tertiary/aromatic N) is 1. The standard InChI is InChI=1S/C16H24N2O3.ClH/c1-5-21-16(20)14(11-13-9-7-6-8-10-13)17-15(19)12-18(2,3)4;/h6-10,14H,5,11-12H2,1-4H3;1H. The van der Waals surface area contributed by atoms with Crippen LogP contribution in [0.4, 0.5) is 0 Å². The van der Waals surface area contributed by atoms with Gasteiger partial charge in [-0.3, -0.25) is 4.79 Å². The molecular formula is C16H25ClN2O3. The molecule has 22 heavy (non-hydrogen) atoms. The minimum atomic E-state index is -0.647. The van der Waals surface area contributed by atoms with Gasteiger partial charge in [-0.25, -0.2) is 4.79 Å². The summed E-state index contributed by atoms with van der Waals surface area (Å²) < 4.78 is 5.56. The number of ether oxygens (including phenoxy) is 1. The molecule has 0 aliphatic rings. The summed E-state index contributed by atoms with van der Waals surface area (Å²) in [5.74, 6) is -0.549. The molecule has 0 aliphatic heterocycles. The third kappa shape index (κ3) is 8.00. The quantitative estimate of drug-likeness (QED) is 0.465. The number of rotatable bonds is 7. The summed E-state index contributed by atoms with van der Waals surface area (Å²) in [6, 6.07) is 8.94. The van der Waals surface area contributed by atoms with E-state index in [0.29, 0.717) is 24.1 Å². The van der Waals surface area contributed by atoms with E-state index in [0.717, 1.165) is 5.56 Å². The van der Waals surface area contributed by atoms with E-state index in [9.17, 15) is 9.59 Å². The zero-order chi connectivity index (χ0) is 15.9. The molecule has 0 aromatic heterocycles. The normalized spacial score (nSPS) is 12.0. The first-order chi connectivity index (χ1) is 9.81. The maximum Gasteiger partial charge on any atom is 0.328 e. The zero-order valence-corrected chi connectivity index (χ0v) is 14.4. The lowest BCUT2D eigenvalue weighted by Crippen LogP contribution is -3.00. The minimum absolute atomic E-state index is 0. The van der Waals surface area contributed by atoms with Crippen molar-refractivity contribution >= 4 is 11.9 Å². The van der Waals surface area contributed by atoms with Crippen molar-refractivity contribution in [1.82, 2.24) is 5.32 Å². The Balaban J connectivity index is 0.00000441. The van der Waals surface area contributed by atoms with Gasteiger partial charge in [-0.15, -0.1) is 0 Å². The summed E-state index contributed by atoms with van der Waals surface area (Å²) in [4.78, 5) is 24.0. The number of nitrogens with one attached hydrogen (secondary N) is 1. The first-order valence-corrected chi connectivity index (χ1v) is 7.12. The Hall–Kier alpha value is -1.59. The molecule has 124 valence electrons. The van der Waals surface area contributed by atoms with Crippen molar-refractivity contribution in [1.29, 1.82) is 0 Å². The van der Waals surface area contributed by atoms with Crippen LogP contribution in [-0.4, -0.2) is 56.7 Å². The molecule has 1 unspecified atom stereocenters. The Kier molecular flexibility index (Phi) is 8.75. The number of esters is 1. The van der Waals surface area contributed by atoms with Gasteiger partial charge in [-0.05, 0) is 12.5 Å². The molecule has 5 nitrogen and oxygen atoms in total. The molecule has 1 rings (SSSR count). The molecule has 1 aromatic carbocycles. The van der Waals surface area contributed by atoms with Gasteiger partial charge in [0.25, 0.3) is 5.91 Å². The highest BCUT2D eigenvalue weighted by Crippen LogP contribution is 2.05. The number of likely N-dealkylation sites (N-methyl/N-ethyl adjacent to an activating group) is 1. The number of carbonyl (C=O) groups excluding carboxylic acids is 2. The Labute approximate surface area is 138 Å². The highest BCUT2D eigenvalue weighted by molar-refractivity contribution is 5.85. The molecule has 1 atom stereocenters. The molecule has 0 saturated heterocycles. The van der Waals surface area contributed by atoms with Crippen molar-refractivity contribution in [2.45, 2.75) is 19.4 Å². The van der Waals surface area contributed by atoms with E-state index in [4.69, 9.17) is 4.74 Å². The van der Waals surface area contributed by atoms with Gasteiger partial charge in [-0.1, -0.05) is 30.3 Å². The number of carbonyl (C=O) groups is 2. The second kappa shape index (κ2) is 9.43. The van der Waals surface area contributed by atoms with Gasteiger partial charge in [0.1, 0.15) is 6.04 Å². The van der Waals surface area contributed by atoms with Crippen molar-refractivity contribution < 1.29 is 31.2 Å². The molecule has 0 bridgehead atoms. The van der Waals surface area contributed by atoms with Crippen LogP contribution in [0, 0.1) is 0 Å². The van der Waals surface area contributed by atoms with Crippen molar-refractivity contribution in [3.63, 3.8) is 0 Å². The highest BCUT2D eigenvalue weighted by Gasteiger charge is 2.24. The Morgan fingerprint density at radius 3 is 2.27 bits per heavy atom. The van der Waals surface area contributed by atoms with Crippen LogP contribution in [0.1, 0.15) is 12.5 Å². The average molecular weight is 329 g/mol. The third-order valence-electron chi connectivity index (χ3n) is 2.81. The fourth-order valence-electron chi connectivity index (χ4n) is 1.96. The largest absolute Gasteiger partial charge is 1.00 e. The number of quaternary nitrogens is 1. The topological polar surface area (TPSA) is 55.4 Å². The molecular weight excluding hydrogens is 304 g/mol. The Bertz CT molecular complexity index is 472. The van der Waals surface area contributed by atoms with Gasteiger partial charge < -0.3 is 26.9 Å². The van der Waals surface area contributed by atoms with E-state index in [-0.39, 0.29) is 18.3 Å². The summed E-state index contributed by atoms with van der Waals surface area (Å²) in [5, 5.41) is 2.78. The summed E-state index contributed by atoms with van der Waals surface area (Å²) in [6.07, 6.45) is 0.433. The number of hydrogen-bond acceptors (Lipinski definition) is 3. The van der Waals surface area contributed by atoms with Gasteiger partial charge in [0.15, 0.2) is 6.54 Å². The van der Waals surface area contributed by atoms with Crippen molar-refractivity contribution in [3.05, 3.63) is 35.9 Å². The lowest BCUT2D eigenvalue weighted by molar-refractivity contribution is -0.862. The van der Waals surface area contributed by atoms with Crippen LogP contribution in [0.2, 0.25) is 0 Å². The summed E-state index contributed by atoms with van der Waals surface area (Å²) in [7, 11) is 5.78. The highest BCUT2D eigenvalue weighted by atomic mass is 35.5. The molecule has 0 heterocycles. The van der Waals surface area contributed by atoms with E-state index in [1.807, 2.05) is 51.5 Å². The van der Waals surface area contributed by atoms with Crippen molar-refractivity contribution in [2.24, 2.45) is 0 Å². The fourth-order valence-corrected chi connectivity index (χ4v) is 1.96. The van der Waals surface area contributed by atoms with Crippen LogP contribution in [0.15, 0.2) is 30.3 Å². The number of amides is 1. The van der Waals surface area contributed by atoms with E-state index in [1.54, 1.807) is 6.92 Å². The molecule has 0 radical (unpaired) electrons. The second-order valence-corrected chi connectivity index (χ2v) is 6.01. The molecule has 1 N–H and O–H groups in total. The lowest BCUT2D eigenvalue weighted by atomic mass is 10.1. The second-order valence-electron chi connectivity index (χ2n) is 6.01. The molecule has 1 aromatic rings. The van der Waals surface area contributed by atoms with E-state index >= 15 is 0 Å². The predicted molar refractivity (Wildman–Crippen MR) is 81.6 cm³/mol. The molecule has 0 saturated carbocycles. The number of hydrogen-bond donors (Lipinski definition) is 1. The van der Waals surface area contributed by atoms with Gasteiger partial charge in [-0.2, -0.15) is 0 Å². The van der Waals surface area contributed by atoms with Crippen LogP contribution < -0.4 is 17.7 Å². The summed E-state index contributed by atoms with van der Waals surface area (Å²) in [6.45, 7) is 2.37. The first-order valence-electron chi connectivity index (χ1n) is 7.12. The number of benzene rings is 1. The van der Waals surface area contributed by atoms with Crippen LogP contribution >= 0.6 is 0 Å². The van der Waals surface area contributed by atoms with Gasteiger partial charge >= 0.3 is 5.97 Å². The first kappa shape index (κ1) is 20.4. The summed E-state index contributed by atoms with van der Waals surface area (Å²) in [5.41, 5.74) is 0.987. The maximum atomic E-state index is 12.0. The van der Waals surface area contributed by atoms with Gasteiger partial charge in [0.2, 0.25) is 0 Å². The minimum Gasteiger partial charge on any atom is -1.00 e. The monoisotopic (exact) mass is 328 g/mol. The Morgan fingerprint density at radius 2 is 1.77 bits per heavy atom. The van der Waals surface area contributed by atoms with E-state index in [1.165, 1.54) is 0 Å². The van der Waals surface area contributed by atoms with Crippen molar-refractivity contribution in [2.75, 3.05) is 34.3 Å². The van der Waals surface area contributed by atoms with Crippen LogP contribution in [0.5, 0.6) is 0 Å². The van der Waals surface area contributed by atoms with Crippen LogP contribution in [0.3, 0.4) is 0 Å². The fraction of sp³-hybridized carbons (Fsp3) is 0.500. The Morgan fingerprint density at radius 1 is 1.18 bits per heavy atom. The van der Waals surface area contributed by atoms with Gasteiger partial charge in [0.05, 0.1) is 27.7 Å². The van der Waals surface area contributed by atoms with Crippen LogP contribution in [-0.2, 0) is 20.7 Å². The van der Waals surface area contributed by atoms with E-state index in [2.05, 4.69) is 5.32 Å². The van der Waals surface area contributed by atoms with Gasteiger partial charge in [0, 0.05) is 6.42 Å². The third-order valence-corrected chi connectivity index (χ3v) is 2.81. The van der Waals surface area contributed by atoms with E-state index < -0.39 is 12.0 Å². The molecule has 0 fully saturated rings. The molecule has 6 heteroatoms.